The molecule has 6 heteroatoms. The van der Waals surface area contributed by atoms with Crippen molar-refractivity contribution in [2.75, 3.05) is 0 Å². The van der Waals surface area contributed by atoms with Crippen LogP contribution in [0.3, 0.4) is 0 Å². The highest BCUT2D eigenvalue weighted by Crippen LogP contribution is 2.25. The molecule has 0 aliphatic heterocycles. The normalized spacial score (nSPS) is 9.40. The van der Waals surface area contributed by atoms with E-state index >= 15 is 0 Å². The first-order chi connectivity index (χ1) is 6.97. The Balaban J connectivity index is 3.58. The Morgan fingerprint density at radius 1 is 1.60 bits per heavy atom. The van der Waals surface area contributed by atoms with Crippen molar-refractivity contribution in [3.05, 3.63) is 38.9 Å². The number of nitro benzene ring substituents is 1. The molecule has 0 heterocycles. The van der Waals surface area contributed by atoms with Gasteiger partial charge in [0.2, 0.25) is 0 Å². The summed E-state index contributed by atoms with van der Waals surface area (Å²) in [6.07, 6.45) is 0. The number of rotatable bonds is 2. The number of nitro groups is 1. The van der Waals surface area contributed by atoms with E-state index in [-0.39, 0.29) is 11.1 Å². The van der Waals surface area contributed by atoms with Gasteiger partial charge in [-0.2, -0.15) is 5.26 Å². The van der Waals surface area contributed by atoms with Crippen molar-refractivity contribution in [2.45, 2.75) is 6.92 Å². The lowest BCUT2D eigenvalue weighted by Crippen LogP contribution is -2.02. The zero-order valence-electron chi connectivity index (χ0n) is 7.65. The number of aryl methyl sites for hydroxylation is 1. The van der Waals surface area contributed by atoms with Crippen LogP contribution in [-0.2, 0) is 0 Å². The maximum absolute atomic E-state index is 11.0. The van der Waals surface area contributed by atoms with E-state index in [1.165, 1.54) is 13.0 Å². The van der Waals surface area contributed by atoms with Crippen molar-refractivity contribution in [1.82, 2.24) is 0 Å². The zero-order chi connectivity index (χ0) is 11.6. The third-order valence-electron chi connectivity index (χ3n) is 1.84. The van der Waals surface area contributed by atoms with Crippen LogP contribution in [0.4, 0.5) is 5.69 Å². The molecular formula is C9H5ClN2O3. The average molecular weight is 225 g/mol. The fourth-order valence-electron chi connectivity index (χ4n) is 1.23. The number of nitriles is 1. The smallest absolute Gasteiger partial charge is 0.275 e. The summed E-state index contributed by atoms with van der Waals surface area (Å²) in [6, 6.07) is 4.18. The van der Waals surface area contributed by atoms with E-state index in [0.29, 0.717) is 5.56 Å². The number of hydrogen-bond acceptors (Lipinski definition) is 4. The van der Waals surface area contributed by atoms with Crippen molar-refractivity contribution in [3.8, 4) is 6.07 Å². The van der Waals surface area contributed by atoms with Crippen molar-refractivity contribution < 1.29 is 9.72 Å². The summed E-state index contributed by atoms with van der Waals surface area (Å²) < 4.78 is 0. The molecule has 15 heavy (non-hydrogen) atoms. The van der Waals surface area contributed by atoms with Gasteiger partial charge in [0, 0.05) is 6.07 Å². The third kappa shape index (κ3) is 2.11. The first-order valence-electron chi connectivity index (χ1n) is 3.86. The van der Waals surface area contributed by atoms with Crippen LogP contribution < -0.4 is 0 Å². The molecule has 1 aromatic carbocycles. The minimum absolute atomic E-state index is 0.126. The van der Waals surface area contributed by atoms with Gasteiger partial charge in [0.05, 0.1) is 16.6 Å². The second-order valence-electron chi connectivity index (χ2n) is 2.83. The molecular weight excluding hydrogens is 220 g/mol. The van der Waals surface area contributed by atoms with Crippen molar-refractivity contribution in [3.63, 3.8) is 0 Å². The number of halogens is 1. The zero-order valence-corrected chi connectivity index (χ0v) is 8.41. The highest BCUT2D eigenvalue weighted by molar-refractivity contribution is 6.68. The maximum Gasteiger partial charge on any atom is 0.283 e. The molecule has 0 aliphatic rings. The van der Waals surface area contributed by atoms with Gasteiger partial charge in [-0.25, -0.2) is 0 Å². The lowest BCUT2D eigenvalue weighted by atomic mass is 10.0. The Morgan fingerprint density at radius 2 is 2.20 bits per heavy atom. The Morgan fingerprint density at radius 3 is 2.60 bits per heavy atom. The molecule has 0 bridgehead atoms. The predicted octanol–water partition coefficient (Wildman–Crippen LogP) is 2.15. The van der Waals surface area contributed by atoms with Crippen molar-refractivity contribution in [1.29, 1.82) is 5.26 Å². The van der Waals surface area contributed by atoms with Gasteiger partial charge in [0.1, 0.15) is 5.56 Å². The summed E-state index contributed by atoms with van der Waals surface area (Å²) >= 11 is 5.23. The van der Waals surface area contributed by atoms with E-state index < -0.39 is 15.9 Å². The summed E-state index contributed by atoms with van der Waals surface area (Å²) in [5, 5.41) is 18.3. The molecule has 1 aromatic rings. The third-order valence-corrected chi connectivity index (χ3v) is 2.03. The molecule has 0 aliphatic carbocycles. The molecule has 0 radical (unpaired) electrons. The summed E-state index contributed by atoms with van der Waals surface area (Å²) in [6.45, 7) is 1.49. The second-order valence-corrected chi connectivity index (χ2v) is 3.17. The van der Waals surface area contributed by atoms with E-state index in [2.05, 4.69) is 0 Å². The van der Waals surface area contributed by atoms with Crippen LogP contribution in [0.15, 0.2) is 12.1 Å². The minimum atomic E-state index is -0.899. The molecule has 0 aromatic heterocycles. The Bertz CT molecular complexity index is 491. The van der Waals surface area contributed by atoms with Gasteiger partial charge in [0.25, 0.3) is 10.9 Å². The molecule has 0 spiro atoms. The number of nitrogens with zero attached hydrogens (tertiary/aromatic N) is 2. The summed E-state index contributed by atoms with van der Waals surface area (Å²) in [5.74, 6) is 0. The average Bonchev–Trinajstić information content (AvgIpc) is 2.15. The fraction of sp³-hybridized carbons (Fsp3) is 0.111. The molecule has 0 N–H and O–H groups in total. The van der Waals surface area contributed by atoms with Crippen LogP contribution in [0, 0.1) is 28.4 Å². The maximum atomic E-state index is 11.0. The number of carbonyl (C=O) groups is 1. The summed E-state index contributed by atoms with van der Waals surface area (Å²) in [7, 11) is 0. The van der Waals surface area contributed by atoms with Crippen LogP contribution in [0.5, 0.6) is 0 Å². The largest absolute Gasteiger partial charge is 0.283 e. The van der Waals surface area contributed by atoms with Crippen LogP contribution in [-0.4, -0.2) is 10.2 Å². The highest BCUT2D eigenvalue weighted by Gasteiger charge is 2.22. The van der Waals surface area contributed by atoms with Gasteiger partial charge in [0.15, 0.2) is 0 Å². The molecule has 76 valence electrons. The van der Waals surface area contributed by atoms with Crippen molar-refractivity contribution >= 4 is 22.5 Å². The lowest BCUT2D eigenvalue weighted by molar-refractivity contribution is -0.385. The molecule has 0 saturated heterocycles. The highest BCUT2D eigenvalue weighted by atomic mass is 35.5. The van der Waals surface area contributed by atoms with Gasteiger partial charge >= 0.3 is 0 Å². The minimum Gasteiger partial charge on any atom is -0.275 e. The standard InChI is InChI=1S/C9H5ClN2O3/c1-5-2-6(4-11)3-7(12(14)15)8(5)9(10)13/h2-3H,1H3. The molecule has 5 nitrogen and oxygen atoms in total. The topological polar surface area (TPSA) is 84.0 Å². The molecule has 1 rings (SSSR count). The lowest BCUT2D eigenvalue weighted by Gasteiger charge is -2.02. The Labute approximate surface area is 90.0 Å². The van der Waals surface area contributed by atoms with E-state index in [0.717, 1.165) is 6.07 Å². The monoisotopic (exact) mass is 224 g/mol. The SMILES string of the molecule is Cc1cc(C#N)cc([N+](=O)[O-])c1C(=O)Cl. The van der Waals surface area contributed by atoms with Crippen LogP contribution in [0.25, 0.3) is 0 Å². The van der Waals surface area contributed by atoms with Gasteiger partial charge in [-0.3, -0.25) is 14.9 Å². The Kier molecular flexibility index (Phi) is 3.02. The molecule has 0 saturated carbocycles. The fourth-order valence-corrected chi connectivity index (χ4v) is 1.48. The molecule has 0 atom stereocenters. The molecule has 0 unspecified atom stereocenters. The predicted molar refractivity (Wildman–Crippen MR) is 52.7 cm³/mol. The van der Waals surface area contributed by atoms with E-state index in [4.69, 9.17) is 16.9 Å². The number of hydrogen-bond donors (Lipinski definition) is 0. The number of benzene rings is 1. The van der Waals surface area contributed by atoms with Crippen molar-refractivity contribution in [2.24, 2.45) is 0 Å². The van der Waals surface area contributed by atoms with Gasteiger partial charge < -0.3 is 0 Å². The first kappa shape index (κ1) is 11.1. The summed E-state index contributed by atoms with van der Waals surface area (Å²) in [5.41, 5.74) is -0.158. The van der Waals surface area contributed by atoms with Gasteiger partial charge in [-0.1, -0.05) is 0 Å². The van der Waals surface area contributed by atoms with Crippen LogP contribution >= 0.6 is 11.6 Å². The first-order valence-corrected chi connectivity index (χ1v) is 4.24. The van der Waals surface area contributed by atoms with E-state index in [9.17, 15) is 14.9 Å². The second kappa shape index (κ2) is 4.07. The molecule has 0 amide bonds. The quantitative estimate of drug-likeness (QED) is 0.438. The number of carbonyl (C=O) groups excluding carboxylic acids is 1. The van der Waals surface area contributed by atoms with Crippen LogP contribution in [0.2, 0.25) is 0 Å². The van der Waals surface area contributed by atoms with Gasteiger partial charge in [-0.05, 0) is 30.2 Å². The van der Waals surface area contributed by atoms with Crippen LogP contribution in [0.1, 0.15) is 21.5 Å². The molecule has 0 fully saturated rings. The summed E-state index contributed by atoms with van der Waals surface area (Å²) in [4.78, 5) is 20.9. The van der Waals surface area contributed by atoms with E-state index in [1.54, 1.807) is 6.07 Å². The van der Waals surface area contributed by atoms with Gasteiger partial charge in [-0.15, -0.1) is 0 Å². The Hall–Kier alpha value is -1.93. The van der Waals surface area contributed by atoms with E-state index in [1.807, 2.05) is 0 Å².